The Hall–Kier alpha value is -0.130. The molecule has 0 amide bonds. The van der Waals surface area contributed by atoms with Gasteiger partial charge >= 0.3 is 0 Å². The van der Waals surface area contributed by atoms with Gasteiger partial charge in [-0.05, 0) is 50.0 Å². The first-order valence-electron chi connectivity index (χ1n) is 5.28. The summed E-state index contributed by atoms with van der Waals surface area (Å²) in [4.78, 5) is 0. The van der Waals surface area contributed by atoms with Crippen LogP contribution in [0.15, 0.2) is 17.4 Å². The molecule has 1 aliphatic rings. The fraction of sp³-hybridized carbons (Fsp3) is 0.750. The number of rotatable bonds is 4. The molecule has 13 heavy (non-hydrogen) atoms. The Morgan fingerprint density at radius 3 is 2.54 bits per heavy atom. The summed E-state index contributed by atoms with van der Waals surface area (Å²) in [5.74, 6) is 0. The maximum Gasteiger partial charge on any atom is 0.0434 e. The normalized spacial score (nSPS) is 17.3. The summed E-state index contributed by atoms with van der Waals surface area (Å²) in [5, 5.41) is 0. The lowest BCUT2D eigenvalue weighted by Crippen LogP contribution is -2.25. The van der Waals surface area contributed by atoms with Crippen molar-refractivity contribution in [1.29, 1.82) is 0 Å². The highest BCUT2D eigenvalue weighted by molar-refractivity contribution is 8.00. The number of thioether (sulfide) groups is 1. The summed E-state index contributed by atoms with van der Waals surface area (Å²) in [6, 6.07) is 0. The van der Waals surface area contributed by atoms with Gasteiger partial charge in [-0.2, -0.15) is 11.8 Å². The second kappa shape index (κ2) is 4.93. The molecule has 1 rings (SSSR count). The maximum atomic E-state index is 3.48. The average Bonchev–Trinajstić information content (AvgIpc) is 2.23. The molecule has 0 saturated heterocycles. The quantitative estimate of drug-likeness (QED) is 0.608. The van der Waals surface area contributed by atoms with Crippen LogP contribution in [0.1, 0.15) is 46.0 Å². The summed E-state index contributed by atoms with van der Waals surface area (Å²) < 4.78 is 0.386. The van der Waals surface area contributed by atoms with Crippen molar-refractivity contribution in [2.24, 2.45) is 0 Å². The van der Waals surface area contributed by atoms with Crippen LogP contribution in [0.3, 0.4) is 0 Å². The molecular formula is C12H20S. The summed E-state index contributed by atoms with van der Waals surface area (Å²) in [6.07, 6.45) is 10.7. The van der Waals surface area contributed by atoms with Crippen LogP contribution >= 0.6 is 11.8 Å². The van der Waals surface area contributed by atoms with Gasteiger partial charge in [0.15, 0.2) is 0 Å². The summed E-state index contributed by atoms with van der Waals surface area (Å²) in [5.41, 5.74) is 5.04. The molecule has 0 N–H and O–H groups in total. The molecule has 0 nitrogen and oxygen atoms in total. The summed E-state index contributed by atoms with van der Waals surface area (Å²) in [7, 11) is 0. The van der Waals surface area contributed by atoms with Gasteiger partial charge in [0.1, 0.15) is 0 Å². The molecule has 0 unspecified atom stereocenters. The second-order valence-corrected chi connectivity index (χ2v) is 4.81. The van der Waals surface area contributed by atoms with Gasteiger partial charge in [0.2, 0.25) is 0 Å². The van der Waals surface area contributed by atoms with Crippen LogP contribution < -0.4 is 0 Å². The SMILES string of the molecule is CCC(CC)(SC)C1=C=CCCC1. The van der Waals surface area contributed by atoms with E-state index >= 15 is 0 Å². The molecule has 0 radical (unpaired) electrons. The van der Waals surface area contributed by atoms with Gasteiger partial charge in [-0.1, -0.05) is 13.8 Å². The van der Waals surface area contributed by atoms with Crippen LogP contribution in [0.5, 0.6) is 0 Å². The van der Waals surface area contributed by atoms with Crippen LogP contribution in [0.25, 0.3) is 0 Å². The van der Waals surface area contributed by atoms with Gasteiger partial charge in [-0.15, -0.1) is 5.73 Å². The Morgan fingerprint density at radius 2 is 2.15 bits per heavy atom. The van der Waals surface area contributed by atoms with E-state index in [4.69, 9.17) is 0 Å². The van der Waals surface area contributed by atoms with Gasteiger partial charge in [-0.3, -0.25) is 0 Å². The lowest BCUT2D eigenvalue weighted by Gasteiger charge is -2.32. The van der Waals surface area contributed by atoms with Crippen LogP contribution in [0.4, 0.5) is 0 Å². The first kappa shape index (κ1) is 10.9. The zero-order valence-corrected chi connectivity index (χ0v) is 9.84. The molecule has 0 spiro atoms. The molecule has 0 aliphatic heterocycles. The third-order valence-corrected chi connectivity index (χ3v) is 4.74. The van der Waals surface area contributed by atoms with Crippen molar-refractivity contribution in [3.8, 4) is 0 Å². The van der Waals surface area contributed by atoms with E-state index in [0.29, 0.717) is 4.75 Å². The first-order valence-corrected chi connectivity index (χ1v) is 6.51. The van der Waals surface area contributed by atoms with Crippen LogP contribution in [0.2, 0.25) is 0 Å². The van der Waals surface area contributed by atoms with E-state index in [1.165, 1.54) is 32.1 Å². The van der Waals surface area contributed by atoms with Crippen molar-refractivity contribution in [2.45, 2.75) is 50.7 Å². The van der Waals surface area contributed by atoms with Crippen LogP contribution in [0, 0.1) is 0 Å². The predicted octanol–water partition coefficient (Wildman–Crippen LogP) is 4.17. The van der Waals surface area contributed by atoms with Crippen molar-refractivity contribution in [2.75, 3.05) is 6.26 Å². The highest BCUT2D eigenvalue weighted by Gasteiger charge is 2.29. The molecule has 1 heteroatoms. The van der Waals surface area contributed by atoms with Crippen molar-refractivity contribution >= 4 is 11.8 Å². The van der Waals surface area contributed by atoms with Crippen molar-refractivity contribution in [1.82, 2.24) is 0 Å². The van der Waals surface area contributed by atoms with E-state index in [0.717, 1.165) is 0 Å². The molecule has 74 valence electrons. The Balaban J connectivity index is 2.91. The molecule has 0 bridgehead atoms. The highest BCUT2D eigenvalue weighted by Crippen LogP contribution is 2.40. The fourth-order valence-corrected chi connectivity index (χ4v) is 3.08. The summed E-state index contributed by atoms with van der Waals surface area (Å²) >= 11 is 2.00. The molecule has 1 aliphatic carbocycles. The van der Waals surface area contributed by atoms with Crippen LogP contribution in [-0.4, -0.2) is 11.0 Å². The minimum atomic E-state index is 0.386. The smallest absolute Gasteiger partial charge is 0.0434 e. The molecule has 0 heterocycles. The zero-order valence-electron chi connectivity index (χ0n) is 9.02. The van der Waals surface area contributed by atoms with Crippen molar-refractivity contribution in [3.63, 3.8) is 0 Å². The zero-order chi connectivity index (χ0) is 9.73. The average molecular weight is 196 g/mol. The van der Waals surface area contributed by atoms with E-state index in [2.05, 4.69) is 31.9 Å². The largest absolute Gasteiger partial charge is 0.153 e. The number of hydrogen-bond acceptors (Lipinski definition) is 1. The lowest BCUT2D eigenvalue weighted by atomic mass is 9.87. The molecule has 0 fully saturated rings. The first-order chi connectivity index (χ1) is 6.29. The van der Waals surface area contributed by atoms with E-state index in [1.54, 1.807) is 5.57 Å². The topological polar surface area (TPSA) is 0 Å². The Labute approximate surface area is 86.5 Å². The number of hydrogen-bond donors (Lipinski definition) is 0. The Morgan fingerprint density at radius 1 is 1.46 bits per heavy atom. The van der Waals surface area contributed by atoms with Gasteiger partial charge in [0.05, 0.1) is 0 Å². The molecule has 0 aromatic rings. The highest BCUT2D eigenvalue weighted by atomic mass is 32.2. The predicted molar refractivity (Wildman–Crippen MR) is 62.3 cm³/mol. The van der Waals surface area contributed by atoms with Gasteiger partial charge in [0, 0.05) is 4.75 Å². The standard InChI is InChI=1S/C12H20S/c1-4-12(5-2,13-3)11-9-7-6-8-10-11/h7H,4-6,8,10H2,1-3H3. The van der Waals surface area contributed by atoms with Gasteiger partial charge < -0.3 is 0 Å². The maximum absolute atomic E-state index is 3.48. The lowest BCUT2D eigenvalue weighted by molar-refractivity contribution is 0.588. The fourth-order valence-electron chi connectivity index (χ4n) is 2.10. The second-order valence-electron chi connectivity index (χ2n) is 3.62. The molecular weight excluding hydrogens is 176 g/mol. The third kappa shape index (κ3) is 2.21. The van der Waals surface area contributed by atoms with Crippen molar-refractivity contribution in [3.05, 3.63) is 17.4 Å². The van der Waals surface area contributed by atoms with E-state index < -0.39 is 0 Å². The Kier molecular flexibility index (Phi) is 4.15. The van der Waals surface area contributed by atoms with E-state index in [-0.39, 0.29) is 0 Å². The van der Waals surface area contributed by atoms with E-state index in [1.807, 2.05) is 11.8 Å². The van der Waals surface area contributed by atoms with Gasteiger partial charge in [-0.25, -0.2) is 0 Å². The molecule has 0 aromatic heterocycles. The molecule has 0 aromatic carbocycles. The minimum Gasteiger partial charge on any atom is -0.153 e. The van der Waals surface area contributed by atoms with Crippen LogP contribution in [-0.2, 0) is 0 Å². The minimum absolute atomic E-state index is 0.386. The molecule has 0 atom stereocenters. The van der Waals surface area contributed by atoms with Crippen molar-refractivity contribution < 1.29 is 0 Å². The molecule has 0 saturated carbocycles. The summed E-state index contributed by atoms with van der Waals surface area (Å²) in [6.45, 7) is 4.59. The third-order valence-electron chi connectivity index (χ3n) is 3.13. The monoisotopic (exact) mass is 196 g/mol. The van der Waals surface area contributed by atoms with E-state index in [9.17, 15) is 0 Å². The van der Waals surface area contributed by atoms with Gasteiger partial charge in [0.25, 0.3) is 0 Å². The Bertz CT molecular complexity index is 209.